The van der Waals surface area contributed by atoms with Gasteiger partial charge < -0.3 is 19.3 Å². The van der Waals surface area contributed by atoms with Crippen LogP contribution in [0.2, 0.25) is 0 Å². The summed E-state index contributed by atoms with van der Waals surface area (Å²) in [5.74, 6) is -6.20. The van der Waals surface area contributed by atoms with Crippen molar-refractivity contribution in [1.82, 2.24) is 0 Å². The third-order valence-corrected chi connectivity index (χ3v) is 8.83. The Kier molecular flexibility index (Phi) is 10.8. The van der Waals surface area contributed by atoms with Crippen LogP contribution in [0.1, 0.15) is 64.7 Å². The Bertz CT molecular complexity index is 1180. The van der Waals surface area contributed by atoms with Crippen LogP contribution in [0, 0.1) is 47.0 Å². The summed E-state index contributed by atoms with van der Waals surface area (Å²) >= 11 is 0. The van der Waals surface area contributed by atoms with E-state index in [1.807, 2.05) is 0 Å². The van der Waals surface area contributed by atoms with Gasteiger partial charge in [0.05, 0.1) is 12.5 Å². The molecular formula is C31H36F8O4. The number of hydrogen-bond donors (Lipinski definition) is 1. The van der Waals surface area contributed by atoms with Crippen LogP contribution in [-0.4, -0.2) is 31.0 Å². The molecule has 0 aromatic heterocycles. The van der Waals surface area contributed by atoms with Gasteiger partial charge in [0.15, 0.2) is 11.6 Å². The highest BCUT2D eigenvalue weighted by atomic mass is 19.4. The molecule has 0 saturated heterocycles. The third-order valence-electron chi connectivity index (χ3n) is 8.83. The Morgan fingerprint density at radius 2 is 1.44 bits per heavy atom. The summed E-state index contributed by atoms with van der Waals surface area (Å²) in [4.78, 5) is 0. The molecule has 2 aliphatic rings. The first kappa shape index (κ1) is 33.3. The zero-order valence-corrected chi connectivity index (χ0v) is 23.7. The molecule has 43 heavy (non-hydrogen) atoms. The van der Waals surface area contributed by atoms with Crippen LogP contribution in [0.5, 0.6) is 11.5 Å². The van der Waals surface area contributed by atoms with Crippen LogP contribution in [-0.2, 0) is 4.74 Å². The molecule has 2 saturated carbocycles. The molecule has 12 heteroatoms. The normalized spacial score (nSPS) is 24.0. The van der Waals surface area contributed by atoms with Crippen molar-refractivity contribution in [3.05, 3.63) is 47.8 Å². The molecule has 4 rings (SSSR count). The number of ether oxygens (including phenoxy) is 3. The van der Waals surface area contributed by atoms with Gasteiger partial charge in [0.1, 0.15) is 18.4 Å². The predicted octanol–water partition coefficient (Wildman–Crippen LogP) is 9.25. The minimum Gasteiger partial charge on any atom is -0.432 e. The Balaban J connectivity index is 1.36. The zero-order valence-electron chi connectivity index (χ0n) is 23.7. The van der Waals surface area contributed by atoms with Gasteiger partial charge in [-0.1, -0.05) is 19.8 Å². The van der Waals surface area contributed by atoms with Gasteiger partial charge in [0.25, 0.3) is 0 Å². The molecule has 2 aromatic carbocycles. The summed E-state index contributed by atoms with van der Waals surface area (Å²) in [5, 5.41) is 9.15. The van der Waals surface area contributed by atoms with E-state index in [0.717, 1.165) is 44.2 Å². The number of aliphatic hydroxyl groups excluding tert-OH is 1. The maximum atomic E-state index is 15.1. The van der Waals surface area contributed by atoms with E-state index in [1.165, 1.54) is 0 Å². The Morgan fingerprint density at radius 3 is 2.00 bits per heavy atom. The van der Waals surface area contributed by atoms with Crippen molar-refractivity contribution in [2.45, 2.75) is 77.2 Å². The molecule has 2 aliphatic carbocycles. The Morgan fingerprint density at radius 1 is 0.814 bits per heavy atom. The first-order valence-electron chi connectivity index (χ1n) is 14.6. The lowest BCUT2D eigenvalue weighted by Crippen LogP contribution is -2.37. The fourth-order valence-corrected chi connectivity index (χ4v) is 6.48. The van der Waals surface area contributed by atoms with E-state index >= 15 is 8.78 Å². The van der Waals surface area contributed by atoms with Crippen LogP contribution < -0.4 is 9.47 Å². The molecule has 240 valence electrons. The molecule has 1 atom stereocenters. The average Bonchev–Trinajstić information content (AvgIpc) is 2.93. The quantitative estimate of drug-likeness (QED) is 0.200. The summed E-state index contributed by atoms with van der Waals surface area (Å²) in [6.45, 7) is 2.33. The van der Waals surface area contributed by atoms with E-state index in [2.05, 4.69) is 11.7 Å². The fraction of sp³-hybridized carbons (Fsp3) is 0.613. The van der Waals surface area contributed by atoms with Crippen molar-refractivity contribution in [3.63, 3.8) is 0 Å². The van der Waals surface area contributed by atoms with Gasteiger partial charge in [-0.15, -0.1) is 13.2 Å². The summed E-state index contributed by atoms with van der Waals surface area (Å²) < 4.78 is 124. The van der Waals surface area contributed by atoms with Crippen LogP contribution >= 0.6 is 0 Å². The number of alkyl halides is 5. The van der Waals surface area contributed by atoms with Gasteiger partial charge in [-0.3, -0.25) is 0 Å². The summed E-state index contributed by atoms with van der Waals surface area (Å²) in [6.07, 6.45) is -2.06. The summed E-state index contributed by atoms with van der Waals surface area (Å²) in [6, 6.07) is 3.50. The maximum Gasteiger partial charge on any atom is 0.573 e. The van der Waals surface area contributed by atoms with Crippen molar-refractivity contribution in [3.8, 4) is 22.6 Å². The topological polar surface area (TPSA) is 47.9 Å². The van der Waals surface area contributed by atoms with Gasteiger partial charge in [-0.05, 0) is 98.4 Å². The van der Waals surface area contributed by atoms with Crippen molar-refractivity contribution in [1.29, 1.82) is 0 Å². The maximum absolute atomic E-state index is 15.1. The second-order valence-corrected chi connectivity index (χ2v) is 11.9. The van der Waals surface area contributed by atoms with E-state index in [1.54, 1.807) is 0 Å². The Labute approximate surface area is 245 Å². The molecule has 4 nitrogen and oxygen atoms in total. The van der Waals surface area contributed by atoms with E-state index in [-0.39, 0.29) is 31.5 Å². The number of halogens is 8. The van der Waals surface area contributed by atoms with Gasteiger partial charge >= 0.3 is 12.5 Å². The SMILES string of the molecule is CC1CCC(C(COCO)CC2CCC(C(F)(F)Oc3ccc(-c4cc(F)c(OC(F)(F)F)c(F)c4)c(F)c3)CC2)CC1. The minimum atomic E-state index is -5.34. The lowest BCUT2D eigenvalue weighted by atomic mass is 9.71. The van der Waals surface area contributed by atoms with Crippen molar-refractivity contribution in [2.24, 2.45) is 29.6 Å². The number of benzene rings is 2. The number of rotatable bonds is 11. The molecule has 0 radical (unpaired) electrons. The second kappa shape index (κ2) is 14.0. The average molecular weight is 625 g/mol. The number of hydrogen-bond acceptors (Lipinski definition) is 4. The van der Waals surface area contributed by atoms with Crippen LogP contribution in [0.4, 0.5) is 35.1 Å². The van der Waals surface area contributed by atoms with Crippen molar-refractivity contribution < 1.29 is 54.4 Å². The van der Waals surface area contributed by atoms with E-state index in [0.29, 0.717) is 49.5 Å². The van der Waals surface area contributed by atoms with Crippen molar-refractivity contribution >= 4 is 0 Å². The molecule has 0 spiro atoms. The fourth-order valence-electron chi connectivity index (χ4n) is 6.48. The second-order valence-electron chi connectivity index (χ2n) is 11.9. The summed E-state index contributed by atoms with van der Waals surface area (Å²) in [5.41, 5.74) is -0.885. The lowest BCUT2D eigenvalue weighted by Gasteiger charge is -2.37. The highest BCUT2D eigenvalue weighted by Gasteiger charge is 2.44. The van der Waals surface area contributed by atoms with Gasteiger partial charge in [0, 0.05) is 11.6 Å². The smallest absolute Gasteiger partial charge is 0.432 e. The largest absolute Gasteiger partial charge is 0.573 e. The molecule has 1 unspecified atom stereocenters. The first-order valence-corrected chi connectivity index (χ1v) is 14.6. The molecule has 2 aromatic rings. The molecule has 0 aliphatic heterocycles. The number of aliphatic hydroxyl groups is 1. The van der Waals surface area contributed by atoms with E-state index in [9.17, 15) is 26.3 Å². The van der Waals surface area contributed by atoms with Crippen LogP contribution in [0.15, 0.2) is 30.3 Å². The Hall–Kier alpha value is -2.60. The molecule has 2 fully saturated rings. The first-order chi connectivity index (χ1) is 20.3. The third kappa shape index (κ3) is 8.97. The monoisotopic (exact) mass is 624 g/mol. The molecule has 0 amide bonds. The van der Waals surface area contributed by atoms with Gasteiger partial charge in [-0.2, -0.15) is 8.78 Å². The standard InChI is InChI=1S/C31H36F8O4/c1-18-2-6-20(7-3-18)22(16-41-17-40)12-19-4-8-23(9-5-19)30(35,36)42-24-10-11-25(26(32)15-24)21-13-27(33)29(28(34)14-21)43-31(37,38)39/h10-11,13-15,18-20,22-23,40H,2-9,12,16-17H2,1H3. The molecule has 0 bridgehead atoms. The highest BCUT2D eigenvalue weighted by molar-refractivity contribution is 5.66. The van der Waals surface area contributed by atoms with Gasteiger partial charge in [-0.25, -0.2) is 13.2 Å². The molecular weight excluding hydrogens is 588 g/mol. The van der Waals surface area contributed by atoms with Crippen LogP contribution in [0.25, 0.3) is 11.1 Å². The lowest BCUT2D eigenvalue weighted by molar-refractivity contribution is -0.276. The molecule has 1 N–H and O–H groups in total. The van der Waals surface area contributed by atoms with Crippen molar-refractivity contribution in [2.75, 3.05) is 13.4 Å². The van der Waals surface area contributed by atoms with Gasteiger partial charge in [0.2, 0.25) is 5.75 Å². The highest BCUT2D eigenvalue weighted by Crippen LogP contribution is 2.44. The predicted molar refractivity (Wildman–Crippen MR) is 142 cm³/mol. The van der Waals surface area contributed by atoms with Crippen LogP contribution in [0.3, 0.4) is 0 Å². The zero-order chi connectivity index (χ0) is 31.4. The summed E-state index contributed by atoms with van der Waals surface area (Å²) in [7, 11) is 0. The minimum absolute atomic E-state index is 0.207. The molecule has 0 heterocycles. The van der Waals surface area contributed by atoms with E-state index in [4.69, 9.17) is 14.6 Å². The van der Waals surface area contributed by atoms with E-state index < -0.39 is 58.5 Å².